The number of aromatic nitrogens is 4. The van der Waals surface area contributed by atoms with Crippen LogP contribution in [-0.2, 0) is 7.05 Å². The second-order valence-corrected chi connectivity index (χ2v) is 5.14. The van der Waals surface area contributed by atoms with Crippen molar-refractivity contribution in [2.24, 2.45) is 18.7 Å². The first-order valence-electron chi connectivity index (χ1n) is 5.38. The number of nitrogens with two attached hydrogens (primary N) is 1. The summed E-state index contributed by atoms with van der Waals surface area (Å²) in [5.74, 6) is 1.77. The fraction of sp³-hybridized carbons (Fsp3) is 0.889. The first-order valence-corrected chi connectivity index (χ1v) is 6.36. The molecule has 1 fully saturated rings. The molecule has 2 unspecified atom stereocenters. The third kappa shape index (κ3) is 2.69. The number of hydrogen-bond donors (Lipinski definition) is 1. The van der Waals surface area contributed by atoms with E-state index in [-0.39, 0.29) is 0 Å². The first-order chi connectivity index (χ1) is 7.27. The van der Waals surface area contributed by atoms with Crippen LogP contribution in [0.2, 0.25) is 0 Å². The Hall–Kier alpha value is -0.620. The summed E-state index contributed by atoms with van der Waals surface area (Å²) >= 11 is 1.71. The number of rotatable bonds is 4. The molecule has 0 radical (unpaired) electrons. The molecule has 2 rings (SSSR count). The van der Waals surface area contributed by atoms with Gasteiger partial charge in [-0.2, -0.15) is 0 Å². The molecule has 2 N–H and O–H groups in total. The lowest BCUT2D eigenvalue weighted by atomic mass is 10.0. The van der Waals surface area contributed by atoms with Gasteiger partial charge in [0.1, 0.15) is 0 Å². The van der Waals surface area contributed by atoms with Crippen molar-refractivity contribution in [1.29, 1.82) is 0 Å². The highest BCUT2D eigenvalue weighted by atomic mass is 32.2. The van der Waals surface area contributed by atoms with Gasteiger partial charge in [-0.1, -0.05) is 18.2 Å². The SMILES string of the molecule is Cn1nnnc1SCCC1CCCC1N. The van der Waals surface area contributed by atoms with Crippen molar-refractivity contribution in [2.75, 3.05) is 5.75 Å². The zero-order valence-corrected chi connectivity index (χ0v) is 9.78. The molecule has 1 aromatic heterocycles. The maximum absolute atomic E-state index is 6.01. The van der Waals surface area contributed by atoms with Gasteiger partial charge in [-0.25, -0.2) is 4.68 Å². The molecule has 0 aromatic carbocycles. The van der Waals surface area contributed by atoms with Crippen molar-refractivity contribution in [1.82, 2.24) is 20.2 Å². The number of thioether (sulfide) groups is 1. The number of hydrogen-bond acceptors (Lipinski definition) is 5. The van der Waals surface area contributed by atoms with E-state index in [0.717, 1.165) is 10.9 Å². The van der Waals surface area contributed by atoms with E-state index in [2.05, 4.69) is 15.5 Å². The van der Waals surface area contributed by atoms with E-state index in [9.17, 15) is 0 Å². The molecule has 0 spiro atoms. The van der Waals surface area contributed by atoms with Crippen molar-refractivity contribution in [3.63, 3.8) is 0 Å². The Morgan fingerprint density at radius 2 is 2.40 bits per heavy atom. The van der Waals surface area contributed by atoms with Gasteiger partial charge >= 0.3 is 0 Å². The van der Waals surface area contributed by atoms with Crippen molar-refractivity contribution >= 4 is 11.8 Å². The second kappa shape index (κ2) is 4.94. The third-order valence-corrected chi connectivity index (χ3v) is 4.06. The predicted octanol–water partition coefficient (Wildman–Crippen LogP) is 0.820. The molecular weight excluding hydrogens is 210 g/mol. The minimum Gasteiger partial charge on any atom is -0.327 e. The van der Waals surface area contributed by atoms with Crippen LogP contribution in [0.15, 0.2) is 5.16 Å². The Morgan fingerprint density at radius 1 is 1.53 bits per heavy atom. The maximum Gasteiger partial charge on any atom is 0.209 e. The summed E-state index contributed by atoms with van der Waals surface area (Å²) in [5, 5.41) is 12.2. The molecule has 1 saturated carbocycles. The van der Waals surface area contributed by atoms with E-state index < -0.39 is 0 Å². The van der Waals surface area contributed by atoms with Gasteiger partial charge in [0, 0.05) is 18.8 Å². The molecule has 0 saturated heterocycles. The molecule has 0 amide bonds. The fourth-order valence-electron chi connectivity index (χ4n) is 2.07. The highest BCUT2D eigenvalue weighted by Crippen LogP contribution is 2.28. The van der Waals surface area contributed by atoms with E-state index in [1.165, 1.54) is 25.7 Å². The largest absolute Gasteiger partial charge is 0.327 e. The standard InChI is InChI=1S/C9H17N5S/c1-14-9(11-12-13-14)15-6-5-7-3-2-4-8(7)10/h7-8H,2-6,10H2,1H3. The Balaban J connectivity index is 1.73. The maximum atomic E-state index is 6.01. The highest BCUT2D eigenvalue weighted by Gasteiger charge is 2.23. The molecule has 1 aliphatic carbocycles. The van der Waals surface area contributed by atoms with Crippen LogP contribution >= 0.6 is 11.8 Å². The molecule has 15 heavy (non-hydrogen) atoms. The van der Waals surface area contributed by atoms with Crippen molar-refractivity contribution in [3.8, 4) is 0 Å². The van der Waals surface area contributed by atoms with Gasteiger partial charge in [-0.05, 0) is 35.6 Å². The van der Waals surface area contributed by atoms with Gasteiger partial charge in [0.2, 0.25) is 5.16 Å². The monoisotopic (exact) mass is 227 g/mol. The Morgan fingerprint density at radius 3 is 3.00 bits per heavy atom. The molecule has 84 valence electrons. The summed E-state index contributed by atoms with van der Waals surface area (Å²) in [5.41, 5.74) is 6.01. The summed E-state index contributed by atoms with van der Waals surface area (Å²) in [7, 11) is 1.86. The van der Waals surface area contributed by atoms with Gasteiger partial charge in [-0.3, -0.25) is 0 Å². The van der Waals surface area contributed by atoms with Crippen LogP contribution in [0, 0.1) is 5.92 Å². The molecule has 1 aromatic rings. The first kappa shape index (κ1) is 10.9. The summed E-state index contributed by atoms with van der Waals surface area (Å²) in [6.45, 7) is 0. The quantitative estimate of drug-likeness (QED) is 0.771. The smallest absolute Gasteiger partial charge is 0.209 e. The minimum absolute atomic E-state index is 0.420. The van der Waals surface area contributed by atoms with Crippen LogP contribution < -0.4 is 5.73 Å². The van der Waals surface area contributed by atoms with Crippen molar-refractivity contribution in [3.05, 3.63) is 0 Å². The third-order valence-electron chi connectivity index (χ3n) is 3.02. The lowest BCUT2D eigenvalue weighted by Crippen LogP contribution is -2.24. The van der Waals surface area contributed by atoms with Gasteiger partial charge in [0.15, 0.2) is 0 Å². The minimum atomic E-state index is 0.420. The van der Waals surface area contributed by atoms with Crippen molar-refractivity contribution in [2.45, 2.75) is 36.9 Å². The normalized spacial score (nSPS) is 26.0. The zero-order valence-electron chi connectivity index (χ0n) is 8.96. The molecule has 0 aliphatic heterocycles. The lowest BCUT2D eigenvalue weighted by Gasteiger charge is -2.13. The van der Waals surface area contributed by atoms with E-state index in [1.54, 1.807) is 16.4 Å². The van der Waals surface area contributed by atoms with Gasteiger partial charge in [-0.15, -0.1) is 5.10 Å². The van der Waals surface area contributed by atoms with Crippen LogP contribution in [0.1, 0.15) is 25.7 Å². The average molecular weight is 227 g/mol. The second-order valence-electron chi connectivity index (χ2n) is 4.08. The van der Waals surface area contributed by atoms with E-state index >= 15 is 0 Å². The predicted molar refractivity (Wildman–Crippen MR) is 59.5 cm³/mol. The highest BCUT2D eigenvalue weighted by molar-refractivity contribution is 7.99. The average Bonchev–Trinajstić information content (AvgIpc) is 2.78. The van der Waals surface area contributed by atoms with Gasteiger partial charge < -0.3 is 5.73 Å². The molecule has 1 aliphatic rings. The lowest BCUT2D eigenvalue weighted by molar-refractivity contribution is 0.470. The van der Waals surface area contributed by atoms with Gasteiger partial charge in [0.05, 0.1) is 0 Å². The van der Waals surface area contributed by atoms with Gasteiger partial charge in [0.25, 0.3) is 0 Å². The molecule has 0 bridgehead atoms. The van der Waals surface area contributed by atoms with Crippen LogP contribution in [-0.4, -0.2) is 32.0 Å². The Labute approximate surface area is 93.8 Å². The van der Waals surface area contributed by atoms with Crippen molar-refractivity contribution < 1.29 is 0 Å². The number of aryl methyl sites for hydroxylation is 1. The summed E-state index contributed by atoms with van der Waals surface area (Å²) in [6, 6.07) is 0.420. The molecule has 6 heteroatoms. The summed E-state index contributed by atoms with van der Waals surface area (Å²) < 4.78 is 1.71. The Kier molecular flexibility index (Phi) is 3.58. The summed E-state index contributed by atoms with van der Waals surface area (Å²) in [6.07, 6.45) is 4.96. The topological polar surface area (TPSA) is 69.6 Å². The van der Waals surface area contributed by atoms with Crippen LogP contribution in [0.4, 0.5) is 0 Å². The van der Waals surface area contributed by atoms with E-state index in [1.807, 2.05) is 7.05 Å². The molecule has 5 nitrogen and oxygen atoms in total. The molecular formula is C9H17N5S. The molecule has 1 heterocycles. The zero-order chi connectivity index (χ0) is 10.7. The van der Waals surface area contributed by atoms with Crippen LogP contribution in [0.3, 0.4) is 0 Å². The van der Waals surface area contributed by atoms with E-state index in [4.69, 9.17) is 5.73 Å². The Bertz CT molecular complexity index is 313. The van der Waals surface area contributed by atoms with Crippen LogP contribution in [0.5, 0.6) is 0 Å². The summed E-state index contributed by atoms with van der Waals surface area (Å²) in [4.78, 5) is 0. The van der Waals surface area contributed by atoms with E-state index in [0.29, 0.717) is 12.0 Å². The molecule has 2 atom stereocenters. The number of nitrogens with zero attached hydrogens (tertiary/aromatic N) is 4. The fourth-order valence-corrected chi connectivity index (χ4v) is 2.99. The van der Waals surface area contributed by atoms with Crippen LogP contribution in [0.25, 0.3) is 0 Å². The number of tetrazole rings is 1.